The summed E-state index contributed by atoms with van der Waals surface area (Å²) in [6.07, 6.45) is 0. The number of carbonyl (C=O) groups excluding carboxylic acids is 1. The van der Waals surface area contributed by atoms with E-state index < -0.39 is 22.3 Å². The van der Waals surface area contributed by atoms with Crippen LogP contribution in [0, 0.1) is 22.9 Å². The van der Waals surface area contributed by atoms with E-state index in [0.29, 0.717) is 0 Å². The molecule has 0 amide bonds. The molecule has 0 N–H and O–H groups in total. The van der Waals surface area contributed by atoms with E-state index in [4.69, 9.17) is 9.47 Å². The summed E-state index contributed by atoms with van der Waals surface area (Å²) in [4.78, 5) is 21.8. The fourth-order valence-electron chi connectivity index (χ4n) is 1.56. The van der Waals surface area contributed by atoms with E-state index in [9.17, 15) is 19.3 Å². The Labute approximate surface area is 122 Å². The van der Waals surface area contributed by atoms with E-state index in [1.165, 1.54) is 6.92 Å². The third kappa shape index (κ3) is 5.11. The maximum atomic E-state index is 13.8. The molecule has 0 atom stereocenters. The Bertz CT molecular complexity index is 551. The lowest BCUT2D eigenvalue weighted by Crippen LogP contribution is -2.23. The minimum atomic E-state index is -0.947. The zero-order chi connectivity index (χ0) is 16.2. The first-order valence-electron chi connectivity index (χ1n) is 6.37. The first-order chi connectivity index (χ1) is 9.61. The molecule has 21 heavy (non-hydrogen) atoms. The minimum Gasteiger partial charge on any atom is -0.460 e. The van der Waals surface area contributed by atoms with Gasteiger partial charge in [-0.05, 0) is 33.3 Å². The Morgan fingerprint density at radius 1 is 1.33 bits per heavy atom. The molecule has 1 aromatic carbocycles. The predicted molar refractivity (Wildman–Crippen MR) is 73.8 cm³/mol. The summed E-state index contributed by atoms with van der Waals surface area (Å²) < 4.78 is 24.1. The van der Waals surface area contributed by atoms with Crippen molar-refractivity contribution in [1.82, 2.24) is 0 Å². The number of nitrogens with zero attached hydrogens (tertiary/aromatic N) is 1. The quantitative estimate of drug-likeness (QED) is 0.361. The van der Waals surface area contributed by atoms with Crippen LogP contribution in [0.15, 0.2) is 12.1 Å². The first-order valence-corrected chi connectivity index (χ1v) is 6.37. The summed E-state index contributed by atoms with van der Waals surface area (Å²) in [5.74, 6) is -1.76. The van der Waals surface area contributed by atoms with Crippen molar-refractivity contribution in [1.29, 1.82) is 0 Å². The zero-order valence-corrected chi connectivity index (χ0v) is 12.4. The lowest BCUT2D eigenvalue weighted by molar-refractivity contribution is -0.385. The normalized spacial score (nSPS) is 11.3. The number of hydrogen-bond acceptors (Lipinski definition) is 5. The average Bonchev–Trinajstić information content (AvgIpc) is 2.36. The van der Waals surface area contributed by atoms with Crippen molar-refractivity contribution in [2.24, 2.45) is 0 Å². The Kier molecular flexibility index (Phi) is 5.37. The van der Waals surface area contributed by atoms with Gasteiger partial charge in [0, 0.05) is 12.1 Å². The van der Waals surface area contributed by atoms with Crippen LogP contribution in [0.1, 0.15) is 36.7 Å². The van der Waals surface area contributed by atoms with Crippen molar-refractivity contribution in [2.75, 3.05) is 13.2 Å². The molecule has 0 saturated carbocycles. The van der Waals surface area contributed by atoms with Gasteiger partial charge in [0.15, 0.2) is 0 Å². The molecule has 7 heteroatoms. The fourth-order valence-corrected chi connectivity index (χ4v) is 1.56. The highest BCUT2D eigenvalue weighted by molar-refractivity contribution is 5.90. The highest BCUT2D eigenvalue weighted by atomic mass is 19.1. The Balaban J connectivity index is 2.76. The van der Waals surface area contributed by atoms with E-state index in [1.54, 1.807) is 0 Å². The molecule has 1 aromatic rings. The van der Waals surface area contributed by atoms with Gasteiger partial charge in [-0.25, -0.2) is 9.18 Å². The molecule has 0 fully saturated rings. The average molecular weight is 299 g/mol. The molecule has 0 spiro atoms. The van der Waals surface area contributed by atoms with Gasteiger partial charge in [0.05, 0.1) is 17.1 Å². The summed E-state index contributed by atoms with van der Waals surface area (Å²) in [6, 6.07) is 1.93. The number of halogens is 1. The molecule has 0 unspecified atom stereocenters. The highest BCUT2D eigenvalue weighted by Crippen LogP contribution is 2.21. The van der Waals surface area contributed by atoms with Gasteiger partial charge in [0.25, 0.3) is 5.69 Å². The van der Waals surface area contributed by atoms with Crippen molar-refractivity contribution in [3.05, 3.63) is 39.2 Å². The SMILES string of the molecule is Cc1cc([N+](=O)[O-])cc(C(=O)OCCOC(C)(C)C)c1F. The Morgan fingerprint density at radius 2 is 1.95 bits per heavy atom. The standard InChI is InChI=1S/C14H18FNO5/c1-9-7-10(16(18)19)8-11(12(9)15)13(17)20-5-6-21-14(2,3)4/h7-8H,5-6H2,1-4H3. The van der Waals surface area contributed by atoms with Crippen LogP contribution in [0.5, 0.6) is 0 Å². The molecular formula is C14H18FNO5. The van der Waals surface area contributed by atoms with E-state index >= 15 is 0 Å². The Hall–Kier alpha value is -2.02. The van der Waals surface area contributed by atoms with Gasteiger partial charge < -0.3 is 9.47 Å². The second-order valence-electron chi connectivity index (χ2n) is 5.48. The van der Waals surface area contributed by atoms with Crippen molar-refractivity contribution in [2.45, 2.75) is 33.3 Å². The second kappa shape index (κ2) is 6.62. The third-order valence-electron chi connectivity index (χ3n) is 2.52. The zero-order valence-electron chi connectivity index (χ0n) is 12.4. The van der Waals surface area contributed by atoms with Crippen molar-refractivity contribution in [3.8, 4) is 0 Å². The molecule has 0 saturated heterocycles. The molecule has 0 radical (unpaired) electrons. The maximum Gasteiger partial charge on any atom is 0.341 e. The van der Waals surface area contributed by atoms with Crippen LogP contribution in [-0.4, -0.2) is 29.7 Å². The number of aryl methyl sites for hydroxylation is 1. The largest absolute Gasteiger partial charge is 0.460 e. The lowest BCUT2D eigenvalue weighted by atomic mass is 10.1. The summed E-state index contributed by atoms with van der Waals surface area (Å²) >= 11 is 0. The molecule has 0 heterocycles. The van der Waals surface area contributed by atoms with Crippen molar-refractivity contribution in [3.63, 3.8) is 0 Å². The van der Waals surface area contributed by atoms with Crippen LogP contribution in [0.2, 0.25) is 0 Å². The number of non-ortho nitro benzene ring substituents is 1. The summed E-state index contributed by atoms with van der Waals surface area (Å²) in [6.45, 7) is 6.99. The first kappa shape index (κ1) is 17.0. The maximum absolute atomic E-state index is 13.8. The van der Waals surface area contributed by atoms with Crippen LogP contribution < -0.4 is 0 Å². The van der Waals surface area contributed by atoms with Crippen LogP contribution in [0.4, 0.5) is 10.1 Å². The molecule has 0 aliphatic carbocycles. The summed E-state index contributed by atoms with van der Waals surface area (Å²) in [5.41, 5.74) is -1.16. The molecule has 0 aromatic heterocycles. The predicted octanol–water partition coefficient (Wildman–Crippen LogP) is 3.01. The van der Waals surface area contributed by atoms with Gasteiger partial charge in [0.1, 0.15) is 18.0 Å². The molecule has 1 rings (SSSR count). The number of benzene rings is 1. The number of nitro benzene ring substituents is 1. The molecule has 116 valence electrons. The molecule has 0 aliphatic heterocycles. The fraction of sp³-hybridized carbons (Fsp3) is 0.500. The van der Waals surface area contributed by atoms with Crippen molar-refractivity contribution < 1.29 is 23.6 Å². The molecule has 0 bridgehead atoms. The van der Waals surface area contributed by atoms with Crippen LogP contribution >= 0.6 is 0 Å². The topological polar surface area (TPSA) is 78.7 Å². The number of rotatable bonds is 5. The third-order valence-corrected chi connectivity index (χ3v) is 2.52. The summed E-state index contributed by atoms with van der Waals surface area (Å²) in [7, 11) is 0. The number of esters is 1. The smallest absolute Gasteiger partial charge is 0.341 e. The van der Waals surface area contributed by atoms with Crippen molar-refractivity contribution >= 4 is 11.7 Å². The molecule has 0 aliphatic rings. The van der Waals surface area contributed by atoms with E-state index in [1.807, 2.05) is 20.8 Å². The van der Waals surface area contributed by atoms with Gasteiger partial charge in [-0.3, -0.25) is 10.1 Å². The monoisotopic (exact) mass is 299 g/mol. The van der Waals surface area contributed by atoms with Gasteiger partial charge >= 0.3 is 5.97 Å². The van der Waals surface area contributed by atoms with Gasteiger partial charge in [-0.15, -0.1) is 0 Å². The van der Waals surface area contributed by atoms with Crippen LogP contribution in [0.25, 0.3) is 0 Å². The van der Waals surface area contributed by atoms with E-state index in [0.717, 1.165) is 12.1 Å². The molecular weight excluding hydrogens is 281 g/mol. The van der Waals surface area contributed by atoms with E-state index in [-0.39, 0.29) is 30.1 Å². The van der Waals surface area contributed by atoms with Crippen LogP contribution in [-0.2, 0) is 9.47 Å². The highest BCUT2D eigenvalue weighted by Gasteiger charge is 2.21. The Morgan fingerprint density at radius 3 is 2.48 bits per heavy atom. The summed E-state index contributed by atoms with van der Waals surface area (Å²) in [5, 5.41) is 10.7. The molecule has 6 nitrogen and oxygen atoms in total. The second-order valence-corrected chi connectivity index (χ2v) is 5.48. The number of hydrogen-bond donors (Lipinski definition) is 0. The van der Waals surface area contributed by atoms with Crippen LogP contribution in [0.3, 0.4) is 0 Å². The minimum absolute atomic E-state index is 0.0158. The van der Waals surface area contributed by atoms with Gasteiger partial charge in [-0.2, -0.15) is 0 Å². The van der Waals surface area contributed by atoms with Gasteiger partial charge in [-0.1, -0.05) is 0 Å². The lowest BCUT2D eigenvalue weighted by Gasteiger charge is -2.19. The number of carbonyl (C=O) groups is 1. The van der Waals surface area contributed by atoms with Gasteiger partial charge in [0.2, 0.25) is 0 Å². The van der Waals surface area contributed by atoms with E-state index in [2.05, 4.69) is 0 Å². The number of ether oxygens (including phenoxy) is 2. The number of nitro groups is 1.